The number of likely N-dealkylation sites (tertiary alicyclic amines) is 1. The summed E-state index contributed by atoms with van der Waals surface area (Å²) in [6, 6.07) is 0. The molecule has 1 saturated heterocycles. The summed E-state index contributed by atoms with van der Waals surface area (Å²) in [7, 11) is 0. The number of aliphatic hydroxyl groups is 2. The van der Waals surface area contributed by atoms with E-state index in [1.165, 1.54) is 0 Å². The summed E-state index contributed by atoms with van der Waals surface area (Å²) >= 11 is 0. The van der Waals surface area contributed by atoms with E-state index in [-0.39, 0.29) is 12.8 Å². The van der Waals surface area contributed by atoms with Crippen LogP contribution >= 0.6 is 0 Å². The van der Waals surface area contributed by atoms with Gasteiger partial charge in [-0.15, -0.1) is 0 Å². The van der Waals surface area contributed by atoms with Gasteiger partial charge in [-0.1, -0.05) is 6.92 Å². The first kappa shape index (κ1) is 7.98. The van der Waals surface area contributed by atoms with Gasteiger partial charge in [0.1, 0.15) is 0 Å². The second-order valence-corrected chi connectivity index (χ2v) is 3.05. The smallest absolute Gasteiger partial charge is 0.0957 e. The highest BCUT2D eigenvalue weighted by atomic mass is 16.3. The molecule has 0 saturated carbocycles. The van der Waals surface area contributed by atoms with E-state index in [4.69, 9.17) is 5.11 Å². The molecule has 0 aromatic rings. The van der Waals surface area contributed by atoms with Gasteiger partial charge in [-0.05, 0) is 12.3 Å². The summed E-state index contributed by atoms with van der Waals surface area (Å²) in [5.41, 5.74) is 0. The summed E-state index contributed by atoms with van der Waals surface area (Å²) in [5, 5.41) is 18.0. The van der Waals surface area contributed by atoms with Crippen LogP contribution in [-0.4, -0.2) is 41.0 Å². The third kappa shape index (κ3) is 1.68. The Balaban J connectivity index is 2.33. The Morgan fingerprint density at radius 2 is 2.30 bits per heavy atom. The first-order valence-electron chi connectivity index (χ1n) is 3.75. The second kappa shape index (κ2) is 3.32. The summed E-state index contributed by atoms with van der Waals surface area (Å²) in [5.74, 6) is 0.391. The molecule has 10 heavy (non-hydrogen) atoms. The highest BCUT2D eigenvalue weighted by Crippen LogP contribution is 2.15. The lowest BCUT2D eigenvalue weighted by Crippen LogP contribution is -2.43. The van der Waals surface area contributed by atoms with Crippen molar-refractivity contribution in [2.75, 3.05) is 19.8 Å². The molecule has 60 valence electrons. The summed E-state index contributed by atoms with van der Waals surface area (Å²) in [6.45, 7) is 3.65. The van der Waals surface area contributed by atoms with Crippen LogP contribution in [0.4, 0.5) is 0 Å². The van der Waals surface area contributed by atoms with E-state index in [1.807, 2.05) is 11.8 Å². The first-order valence-corrected chi connectivity index (χ1v) is 3.75. The average molecular weight is 145 g/mol. The molecule has 2 N–H and O–H groups in total. The van der Waals surface area contributed by atoms with Crippen molar-refractivity contribution in [1.29, 1.82) is 0 Å². The number of piperidine rings is 1. The van der Waals surface area contributed by atoms with Gasteiger partial charge in [0.05, 0.1) is 12.8 Å². The zero-order chi connectivity index (χ0) is 7.56. The van der Waals surface area contributed by atoms with Gasteiger partial charge in [-0.2, -0.15) is 0 Å². The fourth-order valence-electron chi connectivity index (χ4n) is 1.24. The molecular formula is C7H15NO2. The molecule has 2 atom stereocenters. The monoisotopic (exact) mass is 145 g/mol. The van der Waals surface area contributed by atoms with Crippen LogP contribution in [0.15, 0.2) is 0 Å². The van der Waals surface area contributed by atoms with Crippen molar-refractivity contribution in [3.63, 3.8) is 0 Å². The van der Waals surface area contributed by atoms with E-state index in [0.717, 1.165) is 13.0 Å². The second-order valence-electron chi connectivity index (χ2n) is 3.05. The predicted octanol–water partition coefficient (Wildman–Crippen LogP) is -0.361. The van der Waals surface area contributed by atoms with Gasteiger partial charge >= 0.3 is 0 Å². The SMILES string of the molecule is CC1CCN(CO)CC1O. The Bertz CT molecular complexity index is 108. The molecule has 1 aliphatic rings. The molecule has 0 aromatic carbocycles. The minimum absolute atomic E-state index is 0.0732. The molecule has 3 heteroatoms. The summed E-state index contributed by atoms with van der Waals surface area (Å²) in [6.07, 6.45) is 0.739. The highest BCUT2D eigenvalue weighted by molar-refractivity contribution is 4.75. The number of rotatable bonds is 1. The topological polar surface area (TPSA) is 43.7 Å². The van der Waals surface area contributed by atoms with E-state index in [2.05, 4.69) is 0 Å². The van der Waals surface area contributed by atoms with Crippen molar-refractivity contribution in [3.05, 3.63) is 0 Å². The van der Waals surface area contributed by atoms with E-state index >= 15 is 0 Å². The summed E-state index contributed by atoms with van der Waals surface area (Å²) in [4.78, 5) is 1.85. The maximum absolute atomic E-state index is 9.33. The zero-order valence-corrected chi connectivity index (χ0v) is 6.32. The Kier molecular flexibility index (Phi) is 2.65. The van der Waals surface area contributed by atoms with Gasteiger partial charge in [0, 0.05) is 13.1 Å². The Labute approximate surface area is 61.3 Å². The molecule has 0 radical (unpaired) electrons. The van der Waals surface area contributed by atoms with Crippen LogP contribution in [-0.2, 0) is 0 Å². The van der Waals surface area contributed by atoms with Crippen LogP contribution in [0.2, 0.25) is 0 Å². The van der Waals surface area contributed by atoms with E-state index in [0.29, 0.717) is 12.5 Å². The molecule has 0 aromatic heterocycles. The van der Waals surface area contributed by atoms with Gasteiger partial charge < -0.3 is 10.2 Å². The molecule has 0 amide bonds. The van der Waals surface area contributed by atoms with Crippen molar-refractivity contribution in [1.82, 2.24) is 4.90 Å². The molecule has 0 aliphatic carbocycles. The molecule has 1 fully saturated rings. The summed E-state index contributed by atoms with van der Waals surface area (Å²) < 4.78 is 0. The van der Waals surface area contributed by atoms with Crippen LogP contribution in [0.5, 0.6) is 0 Å². The zero-order valence-electron chi connectivity index (χ0n) is 6.32. The van der Waals surface area contributed by atoms with Crippen molar-refractivity contribution in [2.24, 2.45) is 5.92 Å². The van der Waals surface area contributed by atoms with Gasteiger partial charge in [0.2, 0.25) is 0 Å². The maximum Gasteiger partial charge on any atom is 0.0957 e. The van der Waals surface area contributed by atoms with Crippen LogP contribution in [0.3, 0.4) is 0 Å². The van der Waals surface area contributed by atoms with Crippen molar-refractivity contribution in [3.8, 4) is 0 Å². The van der Waals surface area contributed by atoms with Crippen molar-refractivity contribution in [2.45, 2.75) is 19.4 Å². The maximum atomic E-state index is 9.33. The Morgan fingerprint density at radius 1 is 1.60 bits per heavy atom. The minimum atomic E-state index is -0.249. The number of β-amino-alcohol motifs (C(OH)–C–C–N with tert-alkyl or cyclic N) is 1. The third-order valence-electron chi connectivity index (χ3n) is 2.20. The third-order valence-corrected chi connectivity index (χ3v) is 2.20. The minimum Gasteiger partial charge on any atom is -0.392 e. The van der Waals surface area contributed by atoms with Crippen LogP contribution < -0.4 is 0 Å². The van der Waals surface area contributed by atoms with E-state index in [9.17, 15) is 5.11 Å². The lowest BCUT2D eigenvalue weighted by atomic mass is 9.96. The van der Waals surface area contributed by atoms with E-state index in [1.54, 1.807) is 0 Å². The van der Waals surface area contributed by atoms with Gasteiger partial charge in [0.15, 0.2) is 0 Å². The number of hydrogen-bond acceptors (Lipinski definition) is 3. The first-order chi connectivity index (χ1) is 4.74. The largest absolute Gasteiger partial charge is 0.392 e. The van der Waals surface area contributed by atoms with Gasteiger partial charge in [0.25, 0.3) is 0 Å². The molecule has 0 spiro atoms. The molecule has 0 bridgehead atoms. The number of aliphatic hydroxyl groups excluding tert-OH is 2. The highest BCUT2D eigenvalue weighted by Gasteiger charge is 2.22. The van der Waals surface area contributed by atoms with Crippen LogP contribution in [0, 0.1) is 5.92 Å². The molecule has 3 nitrogen and oxygen atoms in total. The van der Waals surface area contributed by atoms with Gasteiger partial charge in [-0.3, -0.25) is 4.90 Å². The molecule has 2 unspecified atom stereocenters. The number of nitrogens with zero attached hydrogens (tertiary/aromatic N) is 1. The number of hydrogen-bond donors (Lipinski definition) is 2. The van der Waals surface area contributed by atoms with Crippen LogP contribution in [0.25, 0.3) is 0 Å². The molecule has 1 heterocycles. The average Bonchev–Trinajstić information content (AvgIpc) is 1.95. The lowest BCUT2D eigenvalue weighted by molar-refractivity contribution is -0.00798. The van der Waals surface area contributed by atoms with Crippen molar-refractivity contribution >= 4 is 0 Å². The Hall–Kier alpha value is -0.120. The fraction of sp³-hybridized carbons (Fsp3) is 1.00. The van der Waals surface area contributed by atoms with Gasteiger partial charge in [-0.25, -0.2) is 0 Å². The fourth-order valence-corrected chi connectivity index (χ4v) is 1.24. The van der Waals surface area contributed by atoms with E-state index < -0.39 is 0 Å². The quantitative estimate of drug-likeness (QED) is 0.529. The van der Waals surface area contributed by atoms with Crippen molar-refractivity contribution < 1.29 is 10.2 Å². The molecular weight excluding hydrogens is 130 g/mol. The van der Waals surface area contributed by atoms with Crippen LogP contribution in [0.1, 0.15) is 13.3 Å². The molecule has 1 rings (SSSR count). The molecule has 1 aliphatic heterocycles. The predicted molar refractivity (Wildman–Crippen MR) is 38.4 cm³/mol. The normalized spacial score (nSPS) is 36.3. The lowest BCUT2D eigenvalue weighted by Gasteiger charge is -2.32. The standard InChI is InChI=1S/C7H15NO2/c1-6-2-3-8(5-9)4-7(6)10/h6-7,9-10H,2-5H2,1H3. The Morgan fingerprint density at radius 3 is 2.80 bits per heavy atom.